The lowest BCUT2D eigenvalue weighted by atomic mass is 9.93. The van der Waals surface area contributed by atoms with Crippen molar-refractivity contribution in [3.05, 3.63) is 0 Å². The zero-order valence-electron chi connectivity index (χ0n) is 16.0. The number of carbonyl (C=O) groups excluding carboxylic acids is 1. The van der Waals surface area contributed by atoms with Gasteiger partial charge in [-0.3, -0.25) is 9.69 Å². The number of likely N-dealkylation sites (tertiary alicyclic amines) is 1. The quantitative estimate of drug-likeness (QED) is 0.669. The SMILES string of the molecule is CN(C)S(=O)(=O)N1CCC(N2CCC[C@@H](C(=O)N3CCOCC3)C2)CC1. The van der Waals surface area contributed by atoms with Crippen LogP contribution in [0.15, 0.2) is 0 Å². The van der Waals surface area contributed by atoms with E-state index in [9.17, 15) is 13.2 Å². The van der Waals surface area contributed by atoms with E-state index in [0.29, 0.717) is 45.4 Å². The maximum atomic E-state index is 12.8. The van der Waals surface area contributed by atoms with E-state index < -0.39 is 10.2 Å². The van der Waals surface area contributed by atoms with Gasteiger partial charge in [-0.1, -0.05) is 0 Å². The molecule has 0 spiro atoms. The number of piperidine rings is 2. The Morgan fingerprint density at radius 2 is 1.65 bits per heavy atom. The van der Waals surface area contributed by atoms with Crippen LogP contribution in [0.3, 0.4) is 0 Å². The van der Waals surface area contributed by atoms with Crippen molar-refractivity contribution in [3.63, 3.8) is 0 Å². The summed E-state index contributed by atoms with van der Waals surface area (Å²) in [6.07, 6.45) is 3.68. The van der Waals surface area contributed by atoms with Crippen molar-refractivity contribution in [2.75, 3.05) is 66.6 Å². The molecule has 3 rings (SSSR count). The lowest BCUT2D eigenvalue weighted by Crippen LogP contribution is -2.53. The minimum absolute atomic E-state index is 0.0744. The van der Waals surface area contributed by atoms with Crippen LogP contribution in [0.4, 0.5) is 0 Å². The van der Waals surface area contributed by atoms with Crippen LogP contribution < -0.4 is 0 Å². The van der Waals surface area contributed by atoms with Gasteiger partial charge in [0.15, 0.2) is 0 Å². The van der Waals surface area contributed by atoms with Gasteiger partial charge in [0.2, 0.25) is 5.91 Å². The number of hydrogen-bond donors (Lipinski definition) is 0. The molecule has 3 aliphatic rings. The van der Waals surface area contributed by atoms with Crippen molar-refractivity contribution in [2.45, 2.75) is 31.7 Å². The van der Waals surface area contributed by atoms with Gasteiger partial charge in [0.1, 0.15) is 0 Å². The molecule has 1 amide bonds. The fraction of sp³-hybridized carbons (Fsp3) is 0.941. The predicted molar refractivity (Wildman–Crippen MR) is 98.9 cm³/mol. The Morgan fingerprint density at radius 1 is 1.00 bits per heavy atom. The third-order valence-electron chi connectivity index (χ3n) is 5.85. The van der Waals surface area contributed by atoms with Gasteiger partial charge in [-0.15, -0.1) is 0 Å². The molecular weight excluding hydrogens is 356 g/mol. The van der Waals surface area contributed by atoms with Crippen LogP contribution >= 0.6 is 0 Å². The first-order chi connectivity index (χ1) is 12.4. The summed E-state index contributed by atoms with van der Waals surface area (Å²) in [5.41, 5.74) is 0. The van der Waals surface area contributed by atoms with Crippen molar-refractivity contribution < 1.29 is 17.9 Å². The number of ether oxygens (including phenoxy) is 1. The highest BCUT2D eigenvalue weighted by atomic mass is 32.2. The van der Waals surface area contributed by atoms with Crippen molar-refractivity contribution in [2.24, 2.45) is 5.92 Å². The topological polar surface area (TPSA) is 73.4 Å². The summed E-state index contributed by atoms with van der Waals surface area (Å²) in [5.74, 6) is 0.344. The Bertz CT molecular complexity index is 584. The normalized spacial score (nSPS) is 27.8. The van der Waals surface area contributed by atoms with Crippen LogP contribution in [0.25, 0.3) is 0 Å². The fourth-order valence-corrected chi connectivity index (χ4v) is 5.38. The van der Waals surface area contributed by atoms with Gasteiger partial charge in [-0.05, 0) is 32.2 Å². The Hall–Kier alpha value is -0.740. The molecule has 3 fully saturated rings. The molecule has 3 saturated heterocycles. The third-order valence-corrected chi connectivity index (χ3v) is 7.79. The van der Waals surface area contributed by atoms with Crippen LogP contribution in [-0.2, 0) is 19.7 Å². The van der Waals surface area contributed by atoms with E-state index in [1.807, 2.05) is 4.90 Å². The smallest absolute Gasteiger partial charge is 0.281 e. The molecule has 1 atom stereocenters. The van der Waals surface area contributed by atoms with Gasteiger partial charge in [0.25, 0.3) is 10.2 Å². The summed E-state index contributed by atoms with van der Waals surface area (Å²) in [6, 6.07) is 0.379. The maximum Gasteiger partial charge on any atom is 0.281 e. The van der Waals surface area contributed by atoms with Crippen molar-refractivity contribution in [3.8, 4) is 0 Å². The van der Waals surface area contributed by atoms with Gasteiger partial charge >= 0.3 is 0 Å². The van der Waals surface area contributed by atoms with Crippen LogP contribution in [0.2, 0.25) is 0 Å². The summed E-state index contributed by atoms with van der Waals surface area (Å²) in [7, 11) is -0.163. The van der Waals surface area contributed by atoms with Gasteiger partial charge in [-0.2, -0.15) is 17.0 Å². The Balaban J connectivity index is 1.53. The van der Waals surface area contributed by atoms with E-state index in [1.54, 1.807) is 18.4 Å². The van der Waals surface area contributed by atoms with Crippen LogP contribution in [0, 0.1) is 5.92 Å². The molecule has 0 saturated carbocycles. The molecule has 26 heavy (non-hydrogen) atoms. The molecule has 0 radical (unpaired) electrons. The Labute approximate surface area is 157 Å². The fourth-order valence-electron chi connectivity index (χ4n) is 4.25. The van der Waals surface area contributed by atoms with E-state index in [-0.39, 0.29) is 11.8 Å². The summed E-state index contributed by atoms with van der Waals surface area (Å²) < 4.78 is 32.7. The molecule has 0 aliphatic carbocycles. The van der Waals surface area contributed by atoms with Crippen molar-refractivity contribution >= 4 is 16.1 Å². The molecule has 0 unspecified atom stereocenters. The number of morpholine rings is 1. The first-order valence-corrected chi connectivity index (χ1v) is 11.1. The number of carbonyl (C=O) groups is 1. The molecule has 8 nitrogen and oxygen atoms in total. The molecule has 150 valence electrons. The van der Waals surface area contributed by atoms with E-state index in [1.165, 1.54) is 4.31 Å². The predicted octanol–water partition coefficient (Wildman–Crippen LogP) is -0.172. The Morgan fingerprint density at radius 3 is 2.27 bits per heavy atom. The zero-order valence-corrected chi connectivity index (χ0v) is 16.8. The summed E-state index contributed by atoms with van der Waals surface area (Å²) in [4.78, 5) is 17.2. The Kier molecular flexibility index (Phi) is 6.55. The average Bonchev–Trinajstić information content (AvgIpc) is 2.68. The molecule has 0 aromatic carbocycles. The first-order valence-electron chi connectivity index (χ1n) is 9.68. The van der Waals surface area contributed by atoms with E-state index in [4.69, 9.17) is 4.74 Å². The van der Waals surface area contributed by atoms with Gasteiger partial charge in [-0.25, -0.2) is 0 Å². The standard InChI is InChI=1S/C17H32N4O4S/c1-18(2)26(23,24)21-8-5-16(6-9-21)20-7-3-4-15(14-20)17(22)19-10-12-25-13-11-19/h15-16H,3-14H2,1-2H3/t15-/m1/s1. The van der Waals surface area contributed by atoms with Gasteiger partial charge in [0, 0.05) is 52.9 Å². The first kappa shape index (κ1) is 20.0. The maximum absolute atomic E-state index is 12.8. The molecule has 0 aromatic heterocycles. The zero-order chi connectivity index (χ0) is 18.7. The summed E-state index contributed by atoms with van der Waals surface area (Å²) >= 11 is 0. The molecule has 0 bridgehead atoms. The molecule has 0 N–H and O–H groups in total. The van der Waals surface area contributed by atoms with E-state index >= 15 is 0 Å². The van der Waals surface area contributed by atoms with Gasteiger partial charge < -0.3 is 9.64 Å². The molecule has 3 aliphatic heterocycles. The second kappa shape index (κ2) is 8.52. The number of nitrogens with zero attached hydrogens (tertiary/aromatic N) is 4. The molecule has 9 heteroatoms. The van der Waals surface area contributed by atoms with Crippen LogP contribution in [0.1, 0.15) is 25.7 Å². The number of amides is 1. The minimum atomic E-state index is -3.32. The largest absolute Gasteiger partial charge is 0.378 e. The van der Waals surface area contributed by atoms with Crippen LogP contribution in [-0.4, -0.2) is 105 Å². The third kappa shape index (κ3) is 4.39. The highest BCUT2D eigenvalue weighted by molar-refractivity contribution is 7.86. The van der Waals surface area contributed by atoms with Crippen LogP contribution in [0.5, 0.6) is 0 Å². The van der Waals surface area contributed by atoms with Gasteiger partial charge in [0.05, 0.1) is 19.1 Å². The minimum Gasteiger partial charge on any atom is -0.378 e. The highest BCUT2D eigenvalue weighted by Gasteiger charge is 2.36. The molecule has 0 aromatic rings. The molecule has 3 heterocycles. The van der Waals surface area contributed by atoms with E-state index in [0.717, 1.165) is 38.8 Å². The van der Waals surface area contributed by atoms with Crippen molar-refractivity contribution in [1.29, 1.82) is 0 Å². The second-order valence-electron chi connectivity index (χ2n) is 7.69. The number of hydrogen-bond acceptors (Lipinski definition) is 5. The summed E-state index contributed by atoms with van der Waals surface area (Å²) in [6.45, 7) is 5.63. The van der Waals surface area contributed by atoms with Crippen molar-refractivity contribution in [1.82, 2.24) is 18.4 Å². The summed E-state index contributed by atoms with van der Waals surface area (Å²) in [5, 5.41) is 0. The molecular formula is C17H32N4O4S. The lowest BCUT2D eigenvalue weighted by Gasteiger charge is -2.43. The monoisotopic (exact) mass is 388 g/mol. The number of rotatable bonds is 4. The second-order valence-corrected chi connectivity index (χ2v) is 9.83. The van der Waals surface area contributed by atoms with E-state index in [2.05, 4.69) is 4.90 Å². The average molecular weight is 389 g/mol. The lowest BCUT2D eigenvalue weighted by molar-refractivity contribution is -0.141. The highest BCUT2D eigenvalue weighted by Crippen LogP contribution is 2.26.